The van der Waals surface area contributed by atoms with Crippen LogP contribution in [0.4, 0.5) is 0 Å². The molecule has 1 aliphatic heterocycles. The van der Waals surface area contributed by atoms with Crippen molar-refractivity contribution in [1.82, 2.24) is 21.3 Å². The lowest BCUT2D eigenvalue weighted by atomic mass is 9.84. The van der Waals surface area contributed by atoms with Gasteiger partial charge in [0, 0.05) is 11.5 Å². The molecule has 1 aromatic carbocycles. The van der Waals surface area contributed by atoms with Gasteiger partial charge >= 0.3 is 5.97 Å². The van der Waals surface area contributed by atoms with E-state index in [9.17, 15) is 34.2 Å². The summed E-state index contributed by atoms with van der Waals surface area (Å²) in [5.41, 5.74) is 6.80. The van der Waals surface area contributed by atoms with E-state index in [-0.39, 0.29) is 29.6 Å². The zero-order valence-electron chi connectivity index (χ0n) is 23.0. The van der Waals surface area contributed by atoms with Crippen LogP contribution < -0.4 is 27.0 Å². The van der Waals surface area contributed by atoms with Gasteiger partial charge in [0.2, 0.25) is 23.6 Å². The molecule has 1 saturated heterocycles. The molecule has 2 fully saturated rings. The Hall–Kier alpha value is -2.97. The van der Waals surface area contributed by atoms with Gasteiger partial charge in [-0.2, -0.15) is 0 Å². The van der Waals surface area contributed by atoms with Gasteiger partial charge in [-0.15, -0.1) is 0 Å². The maximum atomic E-state index is 13.2. The minimum atomic E-state index is -1.21. The molecule has 0 radical (unpaired) electrons. The molecule has 14 heteroatoms. The molecule has 8 N–H and O–H groups in total. The number of aliphatic carboxylic acids is 1. The monoisotopic (exact) mass is 609 g/mol. The lowest BCUT2D eigenvalue weighted by molar-refractivity contribution is -0.141. The molecular formula is C27H39N5O7S2. The number of carboxylic acids is 1. The quantitative estimate of drug-likeness (QED) is 0.216. The van der Waals surface area contributed by atoms with E-state index in [0.717, 1.165) is 59.3 Å². The number of nitrogens with one attached hydrogen (secondary N) is 4. The van der Waals surface area contributed by atoms with Crippen LogP contribution in [0.2, 0.25) is 0 Å². The number of carbonyl (C=O) groups is 5. The number of nitrogens with two attached hydrogens (primary N) is 1. The average Bonchev–Trinajstić information content (AvgIpc) is 2.94. The van der Waals surface area contributed by atoms with Crippen LogP contribution in [-0.4, -0.2) is 81.5 Å². The summed E-state index contributed by atoms with van der Waals surface area (Å²) in [5, 5.41) is 29.7. The average molecular weight is 610 g/mol. The van der Waals surface area contributed by atoms with Crippen molar-refractivity contribution in [2.24, 2.45) is 11.7 Å². The van der Waals surface area contributed by atoms with E-state index >= 15 is 0 Å². The largest absolute Gasteiger partial charge is 0.508 e. The van der Waals surface area contributed by atoms with Gasteiger partial charge in [-0.3, -0.25) is 19.2 Å². The van der Waals surface area contributed by atoms with Crippen LogP contribution in [0.15, 0.2) is 24.3 Å². The fourth-order valence-corrected chi connectivity index (χ4v) is 7.10. The smallest absolute Gasteiger partial charge is 0.327 e. The van der Waals surface area contributed by atoms with Crippen molar-refractivity contribution in [2.45, 2.75) is 82.1 Å². The summed E-state index contributed by atoms with van der Waals surface area (Å²) < 4.78 is 0. The molecule has 1 aromatic rings. The number of phenols is 1. The first-order valence-corrected chi connectivity index (χ1v) is 16.2. The number of carbonyl (C=O) groups excluding carboxylic acids is 4. The van der Waals surface area contributed by atoms with Crippen LogP contribution in [0.3, 0.4) is 0 Å². The van der Waals surface area contributed by atoms with E-state index in [1.807, 2.05) is 0 Å². The summed E-state index contributed by atoms with van der Waals surface area (Å²) in [6.45, 7) is 1.48. The molecule has 41 heavy (non-hydrogen) atoms. The summed E-state index contributed by atoms with van der Waals surface area (Å²) in [5.74, 6) is -3.17. The van der Waals surface area contributed by atoms with Crippen molar-refractivity contribution in [2.75, 3.05) is 11.5 Å². The van der Waals surface area contributed by atoms with Gasteiger partial charge in [-0.05, 0) is 43.4 Å². The van der Waals surface area contributed by atoms with Gasteiger partial charge in [0.1, 0.15) is 29.9 Å². The summed E-state index contributed by atoms with van der Waals surface area (Å²) >= 11 is 0. The van der Waals surface area contributed by atoms with Crippen LogP contribution in [-0.2, 0) is 30.4 Å². The number of aromatic hydroxyl groups is 1. The summed E-state index contributed by atoms with van der Waals surface area (Å²) in [4.78, 5) is 64.1. The number of benzene rings is 1. The zero-order valence-corrected chi connectivity index (χ0v) is 24.6. The Morgan fingerprint density at radius 3 is 2.29 bits per heavy atom. The van der Waals surface area contributed by atoms with Crippen LogP contribution in [0, 0.1) is 5.92 Å². The minimum Gasteiger partial charge on any atom is -0.508 e. The zero-order chi connectivity index (χ0) is 29.9. The third-order valence-corrected chi connectivity index (χ3v) is 9.63. The fraction of sp³-hybridized carbons (Fsp3) is 0.593. The van der Waals surface area contributed by atoms with E-state index in [2.05, 4.69) is 21.3 Å². The van der Waals surface area contributed by atoms with E-state index in [1.54, 1.807) is 12.1 Å². The lowest BCUT2D eigenvalue weighted by Crippen LogP contribution is -2.59. The first-order chi connectivity index (χ1) is 19.5. The molecule has 4 amide bonds. The molecule has 1 heterocycles. The molecule has 5 atom stereocenters. The number of hydrogen-bond acceptors (Lipinski definition) is 9. The maximum absolute atomic E-state index is 13.2. The Morgan fingerprint density at radius 2 is 1.63 bits per heavy atom. The second kappa shape index (κ2) is 15.9. The highest BCUT2D eigenvalue weighted by atomic mass is 33.1. The third kappa shape index (κ3) is 10.4. The van der Waals surface area contributed by atoms with Gasteiger partial charge in [-0.1, -0.05) is 65.8 Å². The summed E-state index contributed by atoms with van der Waals surface area (Å²) in [6.07, 6.45) is 5.60. The number of phenolic OH excluding ortho intramolecular Hbond substituents is 1. The molecule has 3 rings (SSSR count). The lowest BCUT2D eigenvalue weighted by Gasteiger charge is -2.29. The number of rotatable bonds is 7. The van der Waals surface area contributed by atoms with Crippen molar-refractivity contribution in [3.05, 3.63) is 29.8 Å². The van der Waals surface area contributed by atoms with Crippen LogP contribution in [0.5, 0.6) is 5.75 Å². The number of hydrogen-bond donors (Lipinski definition) is 7. The van der Waals surface area contributed by atoms with E-state index in [4.69, 9.17) is 5.73 Å². The maximum Gasteiger partial charge on any atom is 0.327 e. The second-order valence-corrected chi connectivity index (χ2v) is 13.1. The molecule has 0 unspecified atom stereocenters. The number of carboxylic acid groups (broad SMARTS) is 1. The van der Waals surface area contributed by atoms with Crippen LogP contribution in [0.1, 0.15) is 51.0 Å². The van der Waals surface area contributed by atoms with Gasteiger partial charge in [0.15, 0.2) is 0 Å². The highest BCUT2D eigenvalue weighted by Gasteiger charge is 2.33. The summed E-state index contributed by atoms with van der Waals surface area (Å²) in [6, 6.07) is 1.05. The molecule has 1 aliphatic carbocycles. The minimum absolute atomic E-state index is 0.00882. The Balaban J connectivity index is 1.72. The van der Waals surface area contributed by atoms with Gasteiger partial charge in [0.25, 0.3) is 0 Å². The van der Waals surface area contributed by atoms with Crippen LogP contribution >= 0.6 is 21.6 Å². The fourth-order valence-electron chi connectivity index (χ4n) is 4.78. The molecule has 0 bridgehead atoms. The van der Waals surface area contributed by atoms with E-state index < -0.39 is 59.8 Å². The number of amides is 4. The first kappa shape index (κ1) is 32.5. The molecule has 0 aromatic heterocycles. The Labute approximate surface area is 247 Å². The molecule has 226 valence electrons. The standard InChI is InChI=1S/C27H39N5O7S2/c1-15-23(34)30-20(12-16-5-3-2-4-6-16)25(36)32-22(27(38)39)14-41-40-13-21(26(37)29-15)31-24(35)19(28)11-17-7-9-18(33)10-8-17/h7-10,15-16,19-22,33H,2-6,11-14,28H2,1H3,(H,29,37)(H,30,34)(H,31,35)(H,32,36)(H,38,39)/t15-,19-,20+,21-,22-/m0/s1. The van der Waals surface area contributed by atoms with Crippen molar-refractivity contribution in [1.29, 1.82) is 0 Å². The van der Waals surface area contributed by atoms with Crippen molar-refractivity contribution < 1.29 is 34.2 Å². The van der Waals surface area contributed by atoms with Crippen molar-refractivity contribution >= 4 is 51.2 Å². The Morgan fingerprint density at radius 1 is 0.976 bits per heavy atom. The Bertz CT molecular complexity index is 1080. The van der Waals surface area contributed by atoms with Gasteiger partial charge < -0.3 is 37.2 Å². The SMILES string of the molecule is C[C@@H]1NC(=O)[C@@H](NC(=O)[C@@H](N)Cc2ccc(O)cc2)CSSC[C@@H](C(=O)O)NC(=O)[C@@H](CC2CCCCC2)NC1=O. The van der Waals surface area contributed by atoms with Gasteiger partial charge in [0.05, 0.1) is 6.04 Å². The van der Waals surface area contributed by atoms with E-state index in [0.29, 0.717) is 6.42 Å². The molecule has 0 spiro atoms. The van der Waals surface area contributed by atoms with Gasteiger partial charge in [-0.25, -0.2) is 4.79 Å². The third-order valence-electron chi connectivity index (χ3n) is 7.21. The Kier molecular flexibility index (Phi) is 12.6. The van der Waals surface area contributed by atoms with E-state index in [1.165, 1.54) is 19.1 Å². The molecule has 2 aliphatic rings. The highest BCUT2D eigenvalue weighted by molar-refractivity contribution is 8.76. The highest BCUT2D eigenvalue weighted by Crippen LogP contribution is 2.28. The molecular weight excluding hydrogens is 570 g/mol. The second-order valence-electron chi connectivity index (χ2n) is 10.5. The summed E-state index contributed by atoms with van der Waals surface area (Å²) in [7, 11) is 2.31. The predicted molar refractivity (Wildman–Crippen MR) is 157 cm³/mol. The molecule has 12 nitrogen and oxygen atoms in total. The van der Waals surface area contributed by atoms with Crippen molar-refractivity contribution in [3.63, 3.8) is 0 Å². The normalized spacial score (nSPS) is 26.0. The predicted octanol–water partition coefficient (Wildman–Crippen LogP) is 0.671. The molecule has 1 saturated carbocycles. The van der Waals surface area contributed by atoms with Crippen LogP contribution in [0.25, 0.3) is 0 Å². The van der Waals surface area contributed by atoms with Crippen molar-refractivity contribution in [3.8, 4) is 5.75 Å². The first-order valence-electron chi connectivity index (χ1n) is 13.8. The topological polar surface area (TPSA) is 200 Å².